The van der Waals surface area contributed by atoms with Gasteiger partial charge in [-0.25, -0.2) is 4.68 Å². The van der Waals surface area contributed by atoms with E-state index in [4.69, 9.17) is 0 Å². The lowest BCUT2D eigenvalue weighted by atomic mass is 10.2. The molecule has 0 bridgehead atoms. The number of aromatic nitrogens is 4. The van der Waals surface area contributed by atoms with Gasteiger partial charge in [-0.15, -0.1) is 5.10 Å². The van der Waals surface area contributed by atoms with Crippen LogP contribution >= 0.6 is 11.8 Å². The fourth-order valence-corrected chi connectivity index (χ4v) is 2.31. The van der Waals surface area contributed by atoms with Crippen LogP contribution in [-0.2, 0) is 6.54 Å². The number of thioether (sulfide) groups is 1. The van der Waals surface area contributed by atoms with Gasteiger partial charge >= 0.3 is 0 Å². The van der Waals surface area contributed by atoms with Gasteiger partial charge in [-0.05, 0) is 55.2 Å². The fraction of sp³-hybridized carbons (Fsp3) is 0.917. The summed E-state index contributed by atoms with van der Waals surface area (Å²) in [7, 11) is 0. The van der Waals surface area contributed by atoms with Gasteiger partial charge in [-0.3, -0.25) is 0 Å². The number of tetrazole rings is 1. The third-order valence-electron chi connectivity index (χ3n) is 2.87. The molecule has 104 valence electrons. The van der Waals surface area contributed by atoms with Crippen LogP contribution in [0.5, 0.6) is 0 Å². The summed E-state index contributed by atoms with van der Waals surface area (Å²) in [5.74, 6) is 2.20. The highest BCUT2D eigenvalue weighted by Crippen LogP contribution is 2.09. The van der Waals surface area contributed by atoms with Crippen LogP contribution in [0.3, 0.4) is 0 Å². The highest BCUT2D eigenvalue weighted by atomic mass is 32.2. The van der Waals surface area contributed by atoms with Gasteiger partial charge < -0.3 is 5.32 Å². The molecule has 0 spiro atoms. The number of hydrogen-bond acceptors (Lipinski definition) is 5. The summed E-state index contributed by atoms with van der Waals surface area (Å²) >= 11 is 1.91. The Kier molecular flexibility index (Phi) is 8.00. The molecule has 1 unspecified atom stereocenters. The monoisotopic (exact) mass is 271 g/mol. The summed E-state index contributed by atoms with van der Waals surface area (Å²) in [6.45, 7) is 6.20. The molecule has 1 aromatic heterocycles. The number of nitrogens with one attached hydrogen (secondary N) is 1. The van der Waals surface area contributed by atoms with Gasteiger partial charge in [0.25, 0.3) is 0 Å². The van der Waals surface area contributed by atoms with Gasteiger partial charge in [-0.1, -0.05) is 13.3 Å². The minimum atomic E-state index is 0.228. The molecule has 0 saturated carbocycles. The van der Waals surface area contributed by atoms with E-state index in [0.29, 0.717) is 0 Å². The molecule has 1 heterocycles. The van der Waals surface area contributed by atoms with E-state index in [1.54, 1.807) is 0 Å². The largest absolute Gasteiger partial charge is 0.307 e. The maximum atomic E-state index is 4.12. The van der Waals surface area contributed by atoms with E-state index < -0.39 is 0 Å². The van der Waals surface area contributed by atoms with E-state index in [1.807, 2.05) is 16.4 Å². The van der Waals surface area contributed by atoms with Gasteiger partial charge in [0.2, 0.25) is 0 Å². The Morgan fingerprint density at radius 1 is 1.33 bits per heavy atom. The molecule has 1 N–H and O–H groups in total. The third kappa shape index (κ3) is 5.35. The number of hydrogen-bond donors (Lipinski definition) is 1. The van der Waals surface area contributed by atoms with Crippen molar-refractivity contribution in [2.45, 2.75) is 52.1 Å². The quantitative estimate of drug-likeness (QED) is 0.662. The zero-order valence-electron chi connectivity index (χ0n) is 11.7. The smallest absolute Gasteiger partial charge is 0.167 e. The minimum Gasteiger partial charge on any atom is -0.307 e. The first-order chi connectivity index (χ1) is 8.79. The summed E-state index contributed by atoms with van der Waals surface area (Å²) < 4.78 is 1.94. The molecule has 0 aliphatic carbocycles. The Hall–Kier alpha value is -0.620. The van der Waals surface area contributed by atoms with Crippen LogP contribution in [0.4, 0.5) is 0 Å². The number of aryl methyl sites for hydroxylation is 1. The highest BCUT2D eigenvalue weighted by Gasteiger charge is 2.12. The van der Waals surface area contributed by atoms with Crippen molar-refractivity contribution >= 4 is 11.8 Å². The van der Waals surface area contributed by atoms with E-state index in [1.165, 1.54) is 18.6 Å². The summed E-state index contributed by atoms with van der Waals surface area (Å²) in [4.78, 5) is 0. The molecule has 0 aliphatic rings. The molecule has 6 heteroatoms. The van der Waals surface area contributed by atoms with Crippen molar-refractivity contribution in [1.82, 2.24) is 25.5 Å². The second-order valence-corrected chi connectivity index (χ2v) is 5.48. The standard InChI is InChI=1S/C12H25N5S/c1-4-8-13-11(2)12-14-15-16-17(12)9-6-5-7-10-18-3/h11,13H,4-10H2,1-3H3. The normalized spacial score (nSPS) is 12.8. The molecule has 1 aromatic rings. The molecule has 0 saturated heterocycles. The van der Waals surface area contributed by atoms with Gasteiger partial charge in [0.15, 0.2) is 5.82 Å². The van der Waals surface area contributed by atoms with Crippen molar-refractivity contribution in [2.75, 3.05) is 18.6 Å². The van der Waals surface area contributed by atoms with Crippen molar-refractivity contribution in [3.05, 3.63) is 5.82 Å². The Labute approximate surface area is 114 Å². The molecule has 0 aromatic carbocycles. The summed E-state index contributed by atoms with van der Waals surface area (Å²) in [5.41, 5.74) is 0. The lowest BCUT2D eigenvalue weighted by Gasteiger charge is -2.12. The van der Waals surface area contributed by atoms with E-state index in [0.717, 1.165) is 31.8 Å². The van der Waals surface area contributed by atoms with Crippen molar-refractivity contribution in [1.29, 1.82) is 0 Å². The SMILES string of the molecule is CCCNC(C)c1nnnn1CCCCCSC. The molecule has 0 aliphatic heterocycles. The first-order valence-electron chi connectivity index (χ1n) is 6.78. The second kappa shape index (κ2) is 9.33. The molecule has 18 heavy (non-hydrogen) atoms. The molecular formula is C12H25N5S. The highest BCUT2D eigenvalue weighted by molar-refractivity contribution is 7.98. The lowest BCUT2D eigenvalue weighted by Crippen LogP contribution is -2.23. The Morgan fingerprint density at radius 2 is 2.17 bits per heavy atom. The fourth-order valence-electron chi connectivity index (χ4n) is 1.82. The van der Waals surface area contributed by atoms with Crippen LogP contribution < -0.4 is 5.32 Å². The minimum absolute atomic E-state index is 0.228. The van der Waals surface area contributed by atoms with Crippen molar-refractivity contribution in [3.8, 4) is 0 Å². The first-order valence-corrected chi connectivity index (χ1v) is 8.17. The van der Waals surface area contributed by atoms with Crippen LogP contribution in [0, 0.1) is 0 Å². The van der Waals surface area contributed by atoms with Crippen LogP contribution in [0.2, 0.25) is 0 Å². The average molecular weight is 271 g/mol. The Balaban J connectivity index is 2.34. The molecule has 0 amide bonds. The van der Waals surface area contributed by atoms with Crippen molar-refractivity contribution in [2.24, 2.45) is 0 Å². The van der Waals surface area contributed by atoms with E-state index in [2.05, 4.69) is 40.9 Å². The molecule has 0 fully saturated rings. The second-order valence-electron chi connectivity index (χ2n) is 4.49. The Bertz CT molecular complexity index is 315. The van der Waals surface area contributed by atoms with Gasteiger partial charge in [0, 0.05) is 6.54 Å². The molecular weight excluding hydrogens is 246 g/mol. The zero-order valence-corrected chi connectivity index (χ0v) is 12.5. The molecule has 1 rings (SSSR count). The third-order valence-corrected chi connectivity index (χ3v) is 3.56. The predicted octanol–water partition coefficient (Wildman–Crippen LogP) is 2.27. The number of nitrogens with zero attached hydrogens (tertiary/aromatic N) is 4. The maximum Gasteiger partial charge on any atom is 0.167 e. The Morgan fingerprint density at radius 3 is 2.89 bits per heavy atom. The summed E-state index contributed by atoms with van der Waals surface area (Å²) in [6.07, 6.45) is 6.96. The first kappa shape index (κ1) is 15.4. The average Bonchev–Trinajstić information content (AvgIpc) is 2.84. The maximum absolute atomic E-state index is 4.12. The number of unbranched alkanes of at least 4 members (excludes halogenated alkanes) is 2. The van der Waals surface area contributed by atoms with Crippen LogP contribution in [0.15, 0.2) is 0 Å². The van der Waals surface area contributed by atoms with Gasteiger partial charge in [0.05, 0.1) is 6.04 Å². The van der Waals surface area contributed by atoms with E-state index in [9.17, 15) is 0 Å². The predicted molar refractivity (Wildman–Crippen MR) is 76.8 cm³/mol. The van der Waals surface area contributed by atoms with Crippen LogP contribution in [-0.4, -0.2) is 38.8 Å². The topological polar surface area (TPSA) is 55.6 Å². The van der Waals surface area contributed by atoms with E-state index >= 15 is 0 Å². The van der Waals surface area contributed by atoms with Crippen molar-refractivity contribution in [3.63, 3.8) is 0 Å². The molecule has 0 radical (unpaired) electrons. The van der Waals surface area contributed by atoms with Gasteiger partial charge in [0.1, 0.15) is 0 Å². The summed E-state index contributed by atoms with van der Waals surface area (Å²) in [6, 6.07) is 0.228. The number of rotatable bonds is 10. The lowest BCUT2D eigenvalue weighted by molar-refractivity contribution is 0.469. The van der Waals surface area contributed by atoms with Crippen LogP contribution in [0.1, 0.15) is 51.4 Å². The van der Waals surface area contributed by atoms with Gasteiger partial charge in [-0.2, -0.15) is 11.8 Å². The molecule has 1 atom stereocenters. The summed E-state index contributed by atoms with van der Waals surface area (Å²) in [5, 5.41) is 15.4. The van der Waals surface area contributed by atoms with E-state index in [-0.39, 0.29) is 6.04 Å². The molecule has 5 nitrogen and oxygen atoms in total. The zero-order chi connectivity index (χ0) is 13.2. The van der Waals surface area contributed by atoms with Crippen LogP contribution in [0.25, 0.3) is 0 Å². The van der Waals surface area contributed by atoms with Crippen molar-refractivity contribution < 1.29 is 0 Å².